The number of amides is 1. The molecule has 1 amide bonds. The number of para-hydroxylation sites is 1. The molecule has 162 valence electrons. The van der Waals surface area contributed by atoms with Crippen molar-refractivity contribution in [1.29, 1.82) is 0 Å². The molecule has 3 aromatic carbocycles. The van der Waals surface area contributed by atoms with Crippen LogP contribution >= 0.6 is 0 Å². The molecule has 1 aromatic heterocycles. The molecule has 0 aliphatic rings. The third-order valence-corrected chi connectivity index (χ3v) is 6.37. The molecule has 4 rings (SSSR count). The number of anilines is 1. The fraction of sp³-hybridized carbons (Fsp3) is 0.0833. The Morgan fingerprint density at radius 2 is 1.62 bits per heavy atom. The molecule has 0 aliphatic carbocycles. The molecule has 1 heterocycles. The molecule has 2 N–H and O–H groups in total. The van der Waals surface area contributed by atoms with E-state index in [2.05, 4.69) is 15.0 Å². The monoisotopic (exact) mass is 446 g/mol. The molecule has 0 unspecified atom stereocenters. The standard InChI is InChI=1S/C24H22N4O3S/c1-18-25-15-16-28(18)23-10-6-5-7-20(23)17-26-24(29)19-11-13-21(14-12-19)27-32(30,31)22-8-3-2-4-9-22/h2-16,27H,17H2,1H3,(H,26,29). The fourth-order valence-corrected chi connectivity index (χ4v) is 4.39. The number of carbonyl (C=O) groups is 1. The van der Waals surface area contributed by atoms with Gasteiger partial charge in [0.1, 0.15) is 5.82 Å². The molecule has 0 spiro atoms. The van der Waals surface area contributed by atoms with Crippen LogP contribution in [0.25, 0.3) is 5.69 Å². The average Bonchev–Trinajstić information content (AvgIpc) is 3.24. The van der Waals surface area contributed by atoms with E-state index in [1.165, 1.54) is 12.1 Å². The first kappa shape index (κ1) is 21.3. The van der Waals surface area contributed by atoms with Gasteiger partial charge in [0.15, 0.2) is 0 Å². The summed E-state index contributed by atoms with van der Waals surface area (Å²) in [5.74, 6) is 0.608. The van der Waals surface area contributed by atoms with Gasteiger partial charge in [-0.15, -0.1) is 0 Å². The number of imidazole rings is 1. The van der Waals surface area contributed by atoms with E-state index in [1.54, 1.807) is 48.7 Å². The Hall–Kier alpha value is -3.91. The minimum absolute atomic E-state index is 0.175. The minimum Gasteiger partial charge on any atom is -0.348 e. The lowest BCUT2D eigenvalue weighted by Gasteiger charge is -2.13. The van der Waals surface area contributed by atoms with Crippen molar-refractivity contribution < 1.29 is 13.2 Å². The van der Waals surface area contributed by atoms with E-state index in [4.69, 9.17) is 0 Å². The molecule has 7 nitrogen and oxygen atoms in total. The van der Waals surface area contributed by atoms with Gasteiger partial charge in [-0.05, 0) is 55.0 Å². The Morgan fingerprint density at radius 1 is 0.938 bits per heavy atom. The van der Waals surface area contributed by atoms with Gasteiger partial charge in [-0.1, -0.05) is 36.4 Å². The number of hydrogen-bond donors (Lipinski definition) is 2. The summed E-state index contributed by atoms with van der Waals surface area (Å²) < 4.78 is 29.4. The van der Waals surface area contributed by atoms with Gasteiger partial charge < -0.3 is 9.88 Å². The topological polar surface area (TPSA) is 93.1 Å². The normalized spacial score (nSPS) is 11.2. The van der Waals surface area contributed by atoms with E-state index in [0.29, 0.717) is 17.8 Å². The van der Waals surface area contributed by atoms with Crippen molar-refractivity contribution in [2.24, 2.45) is 0 Å². The van der Waals surface area contributed by atoms with E-state index >= 15 is 0 Å². The second-order valence-electron chi connectivity index (χ2n) is 7.15. The lowest BCUT2D eigenvalue weighted by atomic mass is 10.1. The molecule has 0 atom stereocenters. The van der Waals surface area contributed by atoms with Crippen LogP contribution in [-0.4, -0.2) is 23.9 Å². The van der Waals surface area contributed by atoms with Crippen molar-refractivity contribution in [3.63, 3.8) is 0 Å². The Morgan fingerprint density at radius 3 is 2.31 bits per heavy atom. The predicted molar refractivity (Wildman–Crippen MR) is 123 cm³/mol. The first-order valence-electron chi connectivity index (χ1n) is 9.98. The third-order valence-electron chi connectivity index (χ3n) is 4.97. The Bertz CT molecular complexity index is 1330. The summed E-state index contributed by atoms with van der Waals surface area (Å²) in [6.07, 6.45) is 3.61. The van der Waals surface area contributed by atoms with Gasteiger partial charge in [0.25, 0.3) is 15.9 Å². The van der Waals surface area contributed by atoms with E-state index in [-0.39, 0.29) is 10.8 Å². The lowest BCUT2D eigenvalue weighted by molar-refractivity contribution is 0.0951. The Labute approximate surface area is 186 Å². The summed E-state index contributed by atoms with van der Waals surface area (Å²) in [4.78, 5) is 17.1. The molecule has 0 aliphatic heterocycles. The zero-order valence-electron chi connectivity index (χ0n) is 17.4. The summed E-state index contributed by atoms with van der Waals surface area (Å²) in [6.45, 7) is 2.26. The van der Waals surface area contributed by atoms with E-state index < -0.39 is 10.0 Å². The van der Waals surface area contributed by atoms with Gasteiger partial charge in [0.2, 0.25) is 0 Å². The van der Waals surface area contributed by atoms with E-state index in [1.807, 2.05) is 42.0 Å². The van der Waals surface area contributed by atoms with E-state index in [9.17, 15) is 13.2 Å². The maximum atomic E-state index is 12.6. The number of aryl methyl sites for hydroxylation is 1. The highest BCUT2D eigenvalue weighted by Crippen LogP contribution is 2.18. The molecule has 4 aromatic rings. The number of nitrogens with zero attached hydrogens (tertiary/aromatic N) is 2. The van der Waals surface area contributed by atoms with Crippen LogP contribution in [-0.2, 0) is 16.6 Å². The molecule has 0 saturated carbocycles. The Balaban J connectivity index is 1.43. The molecule has 32 heavy (non-hydrogen) atoms. The molecular weight excluding hydrogens is 424 g/mol. The van der Waals surface area contributed by atoms with Crippen LogP contribution in [0.2, 0.25) is 0 Å². The predicted octanol–water partition coefficient (Wildman–Crippen LogP) is 3.91. The maximum absolute atomic E-state index is 12.6. The molecule has 0 fully saturated rings. The van der Waals surface area contributed by atoms with Crippen molar-refractivity contribution >= 4 is 21.6 Å². The fourth-order valence-electron chi connectivity index (χ4n) is 3.31. The van der Waals surface area contributed by atoms with Crippen molar-refractivity contribution in [2.45, 2.75) is 18.4 Å². The van der Waals surface area contributed by atoms with Gasteiger partial charge in [0.05, 0.1) is 10.6 Å². The van der Waals surface area contributed by atoms with Crippen LogP contribution in [0, 0.1) is 6.92 Å². The number of sulfonamides is 1. The number of hydrogen-bond acceptors (Lipinski definition) is 4. The van der Waals surface area contributed by atoms with Gasteiger partial charge >= 0.3 is 0 Å². The van der Waals surface area contributed by atoms with Gasteiger partial charge in [0, 0.05) is 30.2 Å². The van der Waals surface area contributed by atoms with Crippen LogP contribution in [0.5, 0.6) is 0 Å². The van der Waals surface area contributed by atoms with Gasteiger partial charge in [-0.2, -0.15) is 0 Å². The van der Waals surface area contributed by atoms with Crippen molar-refractivity contribution in [1.82, 2.24) is 14.9 Å². The first-order valence-corrected chi connectivity index (χ1v) is 11.5. The summed E-state index contributed by atoms with van der Waals surface area (Å²) in [5.41, 5.74) is 2.72. The quantitative estimate of drug-likeness (QED) is 0.450. The Kier molecular flexibility index (Phi) is 6.04. The maximum Gasteiger partial charge on any atom is 0.261 e. The first-order chi connectivity index (χ1) is 15.4. The third kappa shape index (κ3) is 4.70. The van der Waals surface area contributed by atoms with Crippen molar-refractivity contribution in [2.75, 3.05) is 4.72 Å². The largest absolute Gasteiger partial charge is 0.348 e. The second-order valence-corrected chi connectivity index (χ2v) is 8.83. The van der Waals surface area contributed by atoms with E-state index in [0.717, 1.165) is 17.1 Å². The summed E-state index contributed by atoms with van der Waals surface area (Å²) in [7, 11) is -3.68. The smallest absolute Gasteiger partial charge is 0.261 e. The number of aromatic nitrogens is 2. The second kappa shape index (κ2) is 9.07. The highest BCUT2D eigenvalue weighted by Gasteiger charge is 2.14. The lowest BCUT2D eigenvalue weighted by Crippen LogP contribution is -2.23. The highest BCUT2D eigenvalue weighted by atomic mass is 32.2. The minimum atomic E-state index is -3.68. The molecular formula is C24H22N4O3S. The molecule has 8 heteroatoms. The van der Waals surface area contributed by atoms with Crippen molar-refractivity contribution in [3.05, 3.63) is 108 Å². The number of benzene rings is 3. The molecule has 0 radical (unpaired) electrons. The highest BCUT2D eigenvalue weighted by molar-refractivity contribution is 7.92. The number of rotatable bonds is 7. The van der Waals surface area contributed by atoms with Crippen LogP contribution in [0.15, 0.2) is 96.2 Å². The van der Waals surface area contributed by atoms with Gasteiger partial charge in [-0.3, -0.25) is 9.52 Å². The summed E-state index contributed by atoms with van der Waals surface area (Å²) in [6, 6.07) is 22.2. The summed E-state index contributed by atoms with van der Waals surface area (Å²) >= 11 is 0. The summed E-state index contributed by atoms with van der Waals surface area (Å²) in [5, 5.41) is 2.92. The van der Waals surface area contributed by atoms with Crippen molar-refractivity contribution in [3.8, 4) is 5.69 Å². The number of nitrogens with one attached hydrogen (secondary N) is 2. The zero-order chi connectivity index (χ0) is 22.6. The zero-order valence-corrected chi connectivity index (χ0v) is 18.2. The SMILES string of the molecule is Cc1nccn1-c1ccccc1CNC(=O)c1ccc(NS(=O)(=O)c2ccccc2)cc1. The average molecular weight is 447 g/mol. The molecule has 0 bridgehead atoms. The van der Waals surface area contributed by atoms with Crippen LogP contribution < -0.4 is 10.0 Å². The van der Waals surface area contributed by atoms with Crippen LogP contribution in [0.4, 0.5) is 5.69 Å². The van der Waals surface area contributed by atoms with Gasteiger partial charge in [-0.25, -0.2) is 13.4 Å². The van der Waals surface area contributed by atoms with Crippen LogP contribution in [0.1, 0.15) is 21.7 Å². The molecule has 0 saturated heterocycles. The van der Waals surface area contributed by atoms with Crippen LogP contribution in [0.3, 0.4) is 0 Å². The number of carbonyl (C=O) groups excluding carboxylic acids is 1.